The number of primary amides is 1. The van der Waals surface area contributed by atoms with Crippen LogP contribution < -0.4 is 37.0 Å². The Labute approximate surface area is 190 Å². The van der Waals surface area contributed by atoms with Crippen molar-refractivity contribution in [3.8, 4) is 11.5 Å². The fourth-order valence-electron chi connectivity index (χ4n) is 3.03. The van der Waals surface area contributed by atoms with Crippen LogP contribution >= 0.6 is 0 Å². The van der Waals surface area contributed by atoms with Crippen molar-refractivity contribution in [1.82, 2.24) is 4.57 Å². The van der Waals surface area contributed by atoms with Crippen molar-refractivity contribution in [1.29, 1.82) is 0 Å². The van der Waals surface area contributed by atoms with Crippen LogP contribution in [0.25, 0.3) is 0 Å². The van der Waals surface area contributed by atoms with E-state index < -0.39 is 39.6 Å². The lowest BCUT2D eigenvalue weighted by Gasteiger charge is -2.24. The first kappa shape index (κ1) is 25.3. The zero-order valence-corrected chi connectivity index (χ0v) is 19.3. The first-order valence-corrected chi connectivity index (χ1v) is 10.9. The molecule has 0 aliphatic heterocycles. The molecule has 1 amide bonds. The molecule has 2 rings (SSSR count). The molecule has 0 fully saturated rings. The molecule has 180 valence electrons. The van der Waals surface area contributed by atoms with Gasteiger partial charge in [-0.3, -0.25) is 18.9 Å². The number of carbonyl (C=O) groups is 1. The number of aryl methyl sites for hydroxylation is 1. The molecule has 13 nitrogen and oxygen atoms in total. The molecule has 1 aromatic heterocycles. The monoisotopic (exact) mass is 482 g/mol. The molecular formula is C19H26N6O7S. The number of aromatic nitrogens is 1. The van der Waals surface area contributed by atoms with Crippen molar-refractivity contribution in [2.45, 2.75) is 30.9 Å². The Morgan fingerprint density at radius 2 is 1.79 bits per heavy atom. The van der Waals surface area contributed by atoms with Crippen LogP contribution in [0.4, 0.5) is 5.69 Å². The second-order valence-corrected chi connectivity index (χ2v) is 8.51. The quantitative estimate of drug-likeness (QED) is 0.197. The van der Waals surface area contributed by atoms with E-state index in [4.69, 9.17) is 31.5 Å². The highest BCUT2D eigenvalue weighted by Crippen LogP contribution is 2.29. The minimum absolute atomic E-state index is 0.0324. The fraction of sp³-hybridized carbons (Fsp3) is 0.316. The maximum Gasteiger partial charge on any atom is 0.275 e. The highest BCUT2D eigenvalue weighted by molar-refractivity contribution is 7.92. The Bertz CT molecular complexity index is 1220. The lowest BCUT2D eigenvalue weighted by Crippen LogP contribution is -2.42. The van der Waals surface area contributed by atoms with Crippen LogP contribution in [-0.4, -0.2) is 45.2 Å². The van der Waals surface area contributed by atoms with Gasteiger partial charge < -0.3 is 31.5 Å². The summed E-state index contributed by atoms with van der Waals surface area (Å²) in [5, 5.41) is 3.38. The summed E-state index contributed by atoms with van der Waals surface area (Å²) in [6.45, 7) is 2.96. The number of methoxy groups -OCH3 is 2. The summed E-state index contributed by atoms with van der Waals surface area (Å²) in [7, 11) is -1.62. The number of guanidine groups is 1. The van der Waals surface area contributed by atoms with Gasteiger partial charge in [-0.2, -0.15) is 0 Å². The molecule has 7 N–H and O–H groups in total. The van der Waals surface area contributed by atoms with Crippen molar-refractivity contribution < 1.29 is 27.5 Å². The maximum atomic E-state index is 13.2. The predicted octanol–water partition coefficient (Wildman–Crippen LogP) is -0.405. The molecule has 2 unspecified atom stereocenters. The number of oxime groups is 1. The number of nitrogens with zero attached hydrogens (tertiary/aromatic N) is 2. The second kappa shape index (κ2) is 10.1. The third kappa shape index (κ3) is 5.65. The molecule has 1 heterocycles. The summed E-state index contributed by atoms with van der Waals surface area (Å²) in [6.07, 6.45) is -1.06. The van der Waals surface area contributed by atoms with Crippen molar-refractivity contribution in [3.63, 3.8) is 0 Å². The molecule has 33 heavy (non-hydrogen) atoms. The van der Waals surface area contributed by atoms with Gasteiger partial charge in [0.2, 0.25) is 11.9 Å². The van der Waals surface area contributed by atoms with Crippen LogP contribution in [0.15, 0.2) is 45.2 Å². The molecule has 0 saturated heterocycles. The highest BCUT2D eigenvalue weighted by Gasteiger charge is 2.31. The number of hydrogen-bond donors (Lipinski definition) is 4. The lowest BCUT2D eigenvalue weighted by atomic mass is 10.1. The molecule has 0 saturated carbocycles. The summed E-state index contributed by atoms with van der Waals surface area (Å²) in [5.74, 6) is -1.03. The molecule has 0 bridgehead atoms. The topological polar surface area (TPSA) is 203 Å². The van der Waals surface area contributed by atoms with Crippen LogP contribution in [0.5, 0.6) is 11.5 Å². The molecule has 0 aliphatic carbocycles. The molecule has 2 aromatic rings. The minimum atomic E-state index is -4.30. The number of nitrogens with one attached hydrogen (secondary N) is 1. The van der Waals surface area contributed by atoms with Crippen LogP contribution in [0.3, 0.4) is 0 Å². The number of sulfonamides is 1. The summed E-state index contributed by atoms with van der Waals surface area (Å²) in [4.78, 5) is 30.2. The zero-order chi connectivity index (χ0) is 24.9. The van der Waals surface area contributed by atoms with E-state index in [1.165, 1.54) is 58.4 Å². The Balaban J connectivity index is 2.57. The fourth-order valence-corrected chi connectivity index (χ4v) is 4.28. The summed E-state index contributed by atoms with van der Waals surface area (Å²) < 4.78 is 39.5. The predicted molar refractivity (Wildman–Crippen MR) is 120 cm³/mol. The number of nitrogens with two attached hydrogens (primary N) is 3. The van der Waals surface area contributed by atoms with Gasteiger partial charge in [-0.15, -0.1) is 0 Å². The van der Waals surface area contributed by atoms with Gasteiger partial charge in [0.15, 0.2) is 12.1 Å². The first-order chi connectivity index (χ1) is 15.4. The Morgan fingerprint density at radius 1 is 1.12 bits per heavy atom. The number of rotatable bonds is 10. The lowest BCUT2D eigenvalue weighted by molar-refractivity contribution is -0.125. The smallest absolute Gasteiger partial charge is 0.275 e. The zero-order valence-electron chi connectivity index (χ0n) is 18.4. The number of hydrogen-bond acceptors (Lipinski definition) is 8. The summed E-state index contributed by atoms with van der Waals surface area (Å²) >= 11 is 0. The highest BCUT2D eigenvalue weighted by atomic mass is 32.2. The van der Waals surface area contributed by atoms with Crippen molar-refractivity contribution in [3.05, 3.63) is 46.4 Å². The number of pyridine rings is 1. The van der Waals surface area contributed by atoms with Gasteiger partial charge >= 0.3 is 0 Å². The average Bonchev–Trinajstić information content (AvgIpc) is 2.76. The number of amides is 1. The van der Waals surface area contributed by atoms with Gasteiger partial charge in [0.05, 0.1) is 14.2 Å². The van der Waals surface area contributed by atoms with Crippen molar-refractivity contribution in [2.75, 3.05) is 18.9 Å². The Kier molecular flexibility index (Phi) is 7.76. The SMILES string of the molecule is COc1ccc(OC)c(S(=O)(=O)Nc2ccc(C)n(C(C(N)=O)C(C)ON=C(N)N)c2=O)c1. The number of carbonyl (C=O) groups excluding carboxylic acids is 1. The van der Waals surface area contributed by atoms with Crippen LogP contribution in [0, 0.1) is 6.92 Å². The van der Waals surface area contributed by atoms with Gasteiger partial charge in [-0.25, -0.2) is 8.42 Å². The number of ether oxygens (including phenoxy) is 2. The van der Waals surface area contributed by atoms with Crippen LogP contribution in [0.2, 0.25) is 0 Å². The van der Waals surface area contributed by atoms with E-state index in [0.29, 0.717) is 5.69 Å². The van der Waals surface area contributed by atoms with E-state index in [1.807, 2.05) is 0 Å². The molecule has 0 spiro atoms. The first-order valence-electron chi connectivity index (χ1n) is 9.44. The van der Waals surface area contributed by atoms with E-state index in [1.54, 1.807) is 0 Å². The summed E-state index contributed by atoms with van der Waals surface area (Å²) in [6, 6.07) is 5.52. The van der Waals surface area contributed by atoms with Crippen molar-refractivity contribution in [2.24, 2.45) is 22.4 Å². The minimum Gasteiger partial charge on any atom is -0.497 e. The van der Waals surface area contributed by atoms with Gasteiger partial charge in [0.1, 0.15) is 22.1 Å². The second-order valence-electron chi connectivity index (χ2n) is 6.86. The number of anilines is 1. The van der Waals surface area contributed by atoms with Gasteiger partial charge in [-0.05, 0) is 43.3 Å². The standard InChI is InChI=1S/C19H26N6O7S/c1-10-5-7-13(18(27)25(10)16(17(20)26)11(2)32-23-19(21)22)24-33(28,29)15-9-12(30-3)6-8-14(15)31-4/h5-9,11,16,24H,1-4H3,(H2,20,26)(H4,21,22,23). The van der Waals surface area contributed by atoms with Gasteiger partial charge in [0, 0.05) is 11.8 Å². The molecular weight excluding hydrogens is 456 g/mol. The van der Waals surface area contributed by atoms with E-state index in [-0.39, 0.29) is 22.1 Å². The number of benzene rings is 1. The van der Waals surface area contributed by atoms with Gasteiger partial charge in [0.25, 0.3) is 15.6 Å². The molecule has 0 radical (unpaired) electrons. The third-order valence-corrected chi connectivity index (χ3v) is 5.95. The Hall–Kier alpha value is -3.94. The summed E-state index contributed by atoms with van der Waals surface area (Å²) in [5.41, 5.74) is 15.1. The van der Waals surface area contributed by atoms with E-state index in [2.05, 4.69) is 9.88 Å². The van der Waals surface area contributed by atoms with E-state index in [0.717, 1.165) is 4.57 Å². The molecule has 14 heteroatoms. The maximum absolute atomic E-state index is 13.2. The van der Waals surface area contributed by atoms with Gasteiger partial charge in [-0.1, -0.05) is 0 Å². The third-order valence-electron chi connectivity index (χ3n) is 4.56. The average molecular weight is 483 g/mol. The van der Waals surface area contributed by atoms with E-state index >= 15 is 0 Å². The normalized spacial score (nSPS) is 12.8. The van der Waals surface area contributed by atoms with E-state index in [9.17, 15) is 18.0 Å². The van der Waals surface area contributed by atoms with Crippen LogP contribution in [0.1, 0.15) is 18.7 Å². The largest absolute Gasteiger partial charge is 0.497 e. The molecule has 2 atom stereocenters. The molecule has 1 aromatic carbocycles. The Morgan fingerprint density at radius 3 is 2.33 bits per heavy atom. The van der Waals surface area contributed by atoms with Crippen LogP contribution in [-0.2, 0) is 19.7 Å². The van der Waals surface area contributed by atoms with Crippen molar-refractivity contribution >= 4 is 27.6 Å². The molecule has 0 aliphatic rings.